The predicted octanol–water partition coefficient (Wildman–Crippen LogP) is 13.2. The van der Waals surface area contributed by atoms with Gasteiger partial charge in [-0.3, -0.25) is 0 Å². The Balaban J connectivity index is 1.26. The van der Waals surface area contributed by atoms with Gasteiger partial charge in [0.2, 0.25) is 0 Å². The fourth-order valence-corrected chi connectivity index (χ4v) is 7.10. The average Bonchev–Trinajstić information content (AvgIpc) is 3.61. The van der Waals surface area contributed by atoms with Crippen LogP contribution in [0.2, 0.25) is 0 Å². The molecular weight excluding hydrogens is 569 g/mol. The molecule has 218 valence electrons. The number of hydrogen-bond acceptors (Lipinski definition) is 1. The van der Waals surface area contributed by atoms with E-state index in [0.717, 1.165) is 54.6 Å². The number of fused-ring (bicyclic) bond motifs is 8. The molecule has 10 rings (SSSR count). The molecule has 47 heavy (non-hydrogen) atoms. The summed E-state index contributed by atoms with van der Waals surface area (Å²) in [5.74, 6) is 0. The highest BCUT2D eigenvalue weighted by atomic mass is 16.3. The van der Waals surface area contributed by atoms with Crippen molar-refractivity contribution in [1.29, 1.82) is 0 Å². The van der Waals surface area contributed by atoms with Crippen molar-refractivity contribution in [2.75, 3.05) is 0 Å². The highest BCUT2D eigenvalue weighted by molar-refractivity contribution is 6.22. The number of benzene rings is 9. The Morgan fingerprint density at radius 3 is 1.62 bits per heavy atom. The lowest BCUT2D eigenvalue weighted by atomic mass is 9.85. The molecule has 10 aromatic rings. The van der Waals surface area contributed by atoms with E-state index < -0.39 is 24.2 Å². The molecule has 1 heteroatoms. The van der Waals surface area contributed by atoms with E-state index in [2.05, 4.69) is 24.3 Å². The van der Waals surface area contributed by atoms with Crippen LogP contribution in [0.4, 0.5) is 0 Å². The van der Waals surface area contributed by atoms with Crippen molar-refractivity contribution in [3.05, 3.63) is 170 Å². The zero-order valence-corrected chi connectivity index (χ0v) is 25.0. The van der Waals surface area contributed by atoms with E-state index in [4.69, 9.17) is 9.90 Å². The average molecular weight is 605 g/mol. The molecule has 0 unspecified atom stereocenters. The van der Waals surface area contributed by atoms with Crippen molar-refractivity contribution in [1.82, 2.24) is 0 Å². The van der Waals surface area contributed by atoms with Crippen molar-refractivity contribution < 1.29 is 15.4 Å². The summed E-state index contributed by atoms with van der Waals surface area (Å²) in [7, 11) is 0. The first-order valence-electron chi connectivity index (χ1n) is 19.5. The molecule has 0 amide bonds. The van der Waals surface area contributed by atoms with Crippen LogP contribution < -0.4 is 0 Å². The zero-order chi connectivity index (χ0) is 37.9. The lowest BCUT2D eigenvalue weighted by molar-refractivity contribution is 0.669. The Hall–Kier alpha value is -6.18. The summed E-state index contributed by atoms with van der Waals surface area (Å²) in [5.41, 5.74) is 5.22. The fraction of sp³-hybridized carbons (Fsp3) is 0. The van der Waals surface area contributed by atoms with Crippen LogP contribution in [-0.2, 0) is 0 Å². The third-order valence-electron chi connectivity index (χ3n) is 9.28. The Morgan fingerprint density at radius 2 is 0.894 bits per heavy atom. The fourth-order valence-electron chi connectivity index (χ4n) is 7.10. The summed E-state index contributed by atoms with van der Waals surface area (Å²) < 4.78 is 78.2. The van der Waals surface area contributed by atoms with Crippen LogP contribution in [-0.4, -0.2) is 0 Å². The molecule has 0 saturated heterocycles. The zero-order valence-electron chi connectivity index (χ0n) is 33.0. The van der Waals surface area contributed by atoms with E-state index >= 15 is 0 Å². The molecule has 0 atom stereocenters. The Kier molecular flexibility index (Phi) is 4.19. The van der Waals surface area contributed by atoms with E-state index in [1.807, 2.05) is 97.1 Å². The number of furan rings is 1. The maximum Gasteiger partial charge on any atom is 0.136 e. The van der Waals surface area contributed by atoms with Gasteiger partial charge in [-0.1, -0.05) is 145 Å². The smallest absolute Gasteiger partial charge is 0.136 e. The molecule has 0 fully saturated rings. The van der Waals surface area contributed by atoms with Gasteiger partial charge in [-0.25, -0.2) is 0 Å². The maximum absolute atomic E-state index is 9.27. The number of hydrogen-bond donors (Lipinski definition) is 0. The third kappa shape index (κ3) is 4.03. The van der Waals surface area contributed by atoms with Gasteiger partial charge in [-0.05, 0) is 101 Å². The molecule has 0 saturated carbocycles. The molecule has 0 spiro atoms. The molecule has 0 aliphatic rings. The van der Waals surface area contributed by atoms with Gasteiger partial charge < -0.3 is 4.42 Å². The largest absolute Gasteiger partial charge is 0.456 e. The Morgan fingerprint density at radius 1 is 0.362 bits per heavy atom. The SMILES string of the molecule is [2H]c1c([2H])c([2H])c2c(-c3ccc4ccccc4c3)c3c([2H])c([2H])c([2H])c([2H])c3c(-c3ccc(-c4ccc5oc6ccc7ccccc7c6c5c4)cc3)c2c1[2H]. The van der Waals surface area contributed by atoms with Gasteiger partial charge in [-0.2, -0.15) is 0 Å². The van der Waals surface area contributed by atoms with Crippen molar-refractivity contribution in [3.63, 3.8) is 0 Å². The molecule has 0 bridgehead atoms. The molecule has 0 aliphatic heterocycles. The van der Waals surface area contributed by atoms with E-state index in [-0.39, 0.29) is 45.7 Å². The molecule has 0 N–H and O–H groups in total. The molecule has 9 aromatic carbocycles. The molecule has 1 heterocycles. The lowest BCUT2D eigenvalue weighted by Crippen LogP contribution is -1.91. The van der Waals surface area contributed by atoms with Crippen molar-refractivity contribution in [2.45, 2.75) is 0 Å². The molecule has 0 radical (unpaired) electrons. The van der Waals surface area contributed by atoms with Crippen LogP contribution in [0.25, 0.3) is 98.4 Å². The van der Waals surface area contributed by atoms with Gasteiger partial charge in [0, 0.05) is 10.8 Å². The quantitative estimate of drug-likeness (QED) is 0.183. The number of rotatable bonds is 3. The highest BCUT2D eigenvalue weighted by Gasteiger charge is 2.17. The van der Waals surface area contributed by atoms with E-state index in [9.17, 15) is 5.48 Å². The van der Waals surface area contributed by atoms with Gasteiger partial charge in [0.25, 0.3) is 0 Å². The van der Waals surface area contributed by atoms with Gasteiger partial charge in [0.05, 0.1) is 11.0 Å². The summed E-state index contributed by atoms with van der Waals surface area (Å²) in [6.07, 6.45) is 0. The molecule has 1 aromatic heterocycles. The maximum atomic E-state index is 9.27. The van der Waals surface area contributed by atoms with E-state index in [1.165, 1.54) is 0 Å². The normalized spacial score (nSPS) is 14.2. The first kappa shape index (κ1) is 19.4. The molecule has 1 nitrogen and oxygen atoms in total. The topological polar surface area (TPSA) is 13.1 Å². The second kappa shape index (κ2) is 10.2. The summed E-state index contributed by atoms with van der Waals surface area (Å²) in [6, 6.07) is 36.5. The lowest BCUT2D eigenvalue weighted by Gasteiger charge is -2.18. The minimum Gasteiger partial charge on any atom is -0.456 e. The van der Waals surface area contributed by atoms with Gasteiger partial charge in [-0.15, -0.1) is 0 Å². The first-order chi connectivity index (χ1) is 26.6. The van der Waals surface area contributed by atoms with Crippen molar-refractivity contribution >= 4 is 65.0 Å². The van der Waals surface area contributed by atoms with Crippen LogP contribution in [0.1, 0.15) is 11.0 Å². The van der Waals surface area contributed by atoms with Crippen LogP contribution >= 0.6 is 0 Å². The van der Waals surface area contributed by atoms with Crippen LogP contribution in [0.3, 0.4) is 0 Å². The summed E-state index contributed by atoms with van der Waals surface area (Å²) in [4.78, 5) is 0. The van der Waals surface area contributed by atoms with E-state index in [0.29, 0.717) is 22.3 Å². The standard InChI is InChI=1S/C46H28O/c1-2-11-33-27-35(22-19-29(33)9-1)45-39-15-7-5-13-37(39)44(38-14-6-8-16-40(38)45)32-20-17-30(18-21-32)34-24-25-42-41(28-34)46-36-12-4-3-10-31(36)23-26-43(46)47-42/h1-28H/i5D,6D,7D,8D,13D,14D,15D,16D. The summed E-state index contributed by atoms with van der Waals surface area (Å²) >= 11 is 0. The first-order valence-corrected chi connectivity index (χ1v) is 15.5. The molecular formula is C46H28O. The van der Waals surface area contributed by atoms with E-state index in [1.54, 1.807) is 0 Å². The monoisotopic (exact) mass is 604 g/mol. The minimum atomic E-state index is -0.423. The van der Waals surface area contributed by atoms with Crippen molar-refractivity contribution in [3.8, 4) is 33.4 Å². The van der Waals surface area contributed by atoms with Crippen molar-refractivity contribution in [2.24, 2.45) is 0 Å². The van der Waals surface area contributed by atoms with Crippen LogP contribution in [0.15, 0.2) is 174 Å². The molecule has 0 aliphatic carbocycles. The second-order valence-corrected chi connectivity index (χ2v) is 11.9. The summed E-state index contributed by atoms with van der Waals surface area (Å²) in [6.45, 7) is 0. The highest BCUT2D eigenvalue weighted by Crippen LogP contribution is 2.44. The van der Waals surface area contributed by atoms with Crippen LogP contribution in [0, 0.1) is 0 Å². The minimum absolute atomic E-state index is 0.192. The summed E-state index contributed by atoms with van der Waals surface area (Å²) in [5, 5.41) is 6.88. The Bertz CT molecular complexity index is 3210. The van der Waals surface area contributed by atoms with Gasteiger partial charge in [0.1, 0.15) is 11.2 Å². The Labute approximate surface area is 283 Å². The second-order valence-electron chi connectivity index (χ2n) is 11.9. The van der Waals surface area contributed by atoms with Gasteiger partial charge in [0.15, 0.2) is 0 Å². The van der Waals surface area contributed by atoms with Gasteiger partial charge >= 0.3 is 0 Å². The predicted molar refractivity (Wildman–Crippen MR) is 200 cm³/mol. The van der Waals surface area contributed by atoms with Crippen LogP contribution in [0.5, 0.6) is 0 Å². The third-order valence-corrected chi connectivity index (χ3v) is 9.28.